The minimum absolute atomic E-state index is 0.154. The van der Waals surface area contributed by atoms with Crippen LogP contribution in [0.4, 0.5) is 0 Å². The highest BCUT2D eigenvalue weighted by atomic mass is 16.4. The number of carbonyl (C=O) groups is 3. The topological polar surface area (TPSA) is 209 Å². The number of rotatable bonds is 12. The van der Waals surface area contributed by atoms with Crippen molar-refractivity contribution in [1.82, 2.24) is 16.0 Å². The van der Waals surface area contributed by atoms with Gasteiger partial charge in [0.05, 0.1) is 25.3 Å². The molecule has 144 valence electrons. The van der Waals surface area contributed by atoms with Gasteiger partial charge in [0.25, 0.3) is 0 Å². The molecule has 1 fully saturated rings. The summed E-state index contributed by atoms with van der Waals surface area (Å²) >= 11 is 0. The van der Waals surface area contributed by atoms with Gasteiger partial charge in [-0.05, 0) is 0 Å². The lowest BCUT2D eigenvalue weighted by atomic mass is 9.69. The quantitative estimate of drug-likeness (QED) is 0.153. The van der Waals surface area contributed by atoms with Crippen molar-refractivity contribution in [2.75, 3.05) is 19.6 Å². The maximum absolute atomic E-state index is 10.6. The van der Waals surface area contributed by atoms with Gasteiger partial charge < -0.3 is 36.0 Å². The summed E-state index contributed by atoms with van der Waals surface area (Å²) in [4.78, 5) is 31.7. The average molecular weight is 365 g/mol. The van der Waals surface area contributed by atoms with Gasteiger partial charge in [-0.25, -0.2) is 0 Å². The third-order valence-corrected chi connectivity index (χ3v) is 3.90. The number of carboxylic acid groups (broad SMARTS) is 3. The van der Waals surface area contributed by atoms with Gasteiger partial charge in [-0.2, -0.15) is 0 Å². The second-order valence-corrected chi connectivity index (χ2v) is 5.73. The molecule has 2 atom stereocenters. The van der Waals surface area contributed by atoms with E-state index >= 15 is 0 Å². The molecule has 12 nitrogen and oxygen atoms in total. The Morgan fingerprint density at radius 1 is 0.760 bits per heavy atom. The molecule has 1 rings (SSSR count). The fraction of sp³-hybridized carbons (Fsp3) is 0.769. The van der Waals surface area contributed by atoms with Crippen LogP contribution >= 0.6 is 0 Å². The molecule has 9 N–H and O–H groups in total. The minimum atomic E-state index is -2.13. The van der Waals surface area contributed by atoms with Crippen LogP contribution in [0.15, 0.2) is 0 Å². The number of aliphatic carboxylic acids is 3. The molecule has 0 bridgehead atoms. The number of aliphatic hydroxyl groups excluding tert-OH is 1. The first-order valence-corrected chi connectivity index (χ1v) is 7.55. The third-order valence-electron chi connectivity index (χ3n) is 3.90. The number of hydrogen-bond acceptors (Lipinski definition) is 9. The summed E-state index contributed by atoms with van der Waals surface area (Å²) in [6, 6.07) is -1.31. The van der Waals surface area contributed by atoms with E-state index in [0.29, 0.717) is 0 Å². The fourth-order valence-corrected chi connectivity index (χ4v) is 2.66. The summed E-state index contributed by atoms with van der Waals surface area (Å²) in [7, 11) is 0. The lowest BCUT2D eigenvalue weighted by Gasteiger charge is -2.61. The summed E-state index contributed by atoms with van der Waals surface area (Å²) in [5.41, 5.74) is -4.25. The molecule has 25 heavy (non-hydrogen) atoms. The van der Waals surface area contributed by atoms with Crippen LogP contribution in [0.1, 0.15) is 19.3 Å². The van der Waals surface area contributed by atoms with Crippen LogP contribution in [0.2, 0.25) is 0 Å². The molecule has 0 aliphatic heterocycles. The van der Waals surface area contributed by atoms with Crippen molar-refractivity contribution in [3.05, 3.63) is 0 Å². The molecule has 0 aromatic carbocycles. The molecule has 12 heteroatoms. The van der Waals surface area contributed by atoms with Crippen molar-refractivity contribution in [3.63, 3.8) is 0 Å². The Balaban J connectivity index is 2.78. The first kappa shape index (κ1) is 21.2. The molecule has 0 aromatic heterocycles. The van der Waals surface area contributed by atoms with Crippen LogP contribution in [0.25, 0.3) is 0 Å². The van der Waals surface area contributed by atoms with Gasteiger partial charge in [0.15, 0.2) is 11.4 Å². The molecule has 1 aliphatic carbocycles. The number of carboxylic acids is 3. The van der Waals surface area contributed by atoms with Gasteiger partial charge in [-0.1, -0.05) is 0 Å². The molecule has 2 unspecified atom stereocenters. The Hall–Kier alpha value is -1.83. The van der Waals surface area contributed by atoms with Gasteiger partial charge in [-0.3, -0.25) is 25.0 Å². The van der Waals surface area contributed by atoms with Crippen LogP contribution in [0.3, 0.4) is 0 Å². The van der Waals surface area contributed by atoms with Crippen molar-refractivity contribution in [1.29, 1.82) is 0 Å². The normalized spacial score (nSPS) is 31.3. The van der Waals surface area contributed by atoms with E-state index < -0.39 is 41.5 Å². The predicted octanol–water partition coefficient (Wildman–Crippen LogP) is -3.70. The Labute approximate surface area is 142 Å². The lowest BCUT2D eigenvalue weighted by Crippen LogP contribution is -2.92. The van der Waals surface area contributed by atoms with Crippen molar-refractivity contribution >= 4 is 17.9 Å². The van der Waals surface area contributed by atoms with Gasteiger partial charge in [0, 0.05) is 19.6 Å². The summed E-state index contributed by atoms with van der Waals surface area (Å²) in [5, 5.41) is 64.4. The molecule has 0 heterocycles. The molecule has 0 radical (unpaired) electrons. The van der Waals surface area contributed by atoms with E-state index in [-0.39, 0.29) is 38.9 Å². The summed E-state index contributed by atoms with van der Waals surface area (Å²) in [6.45, 7) is -0.588. The van der Waals surface area contributed by atoms with E-state index in [0.717, 1.165) is 0 Å². The standard InChI is InChI=1S/C13H23N3O9/c17-7(18)1-4-14-10-12(24,15-5-2-8(19)20)11(23)13(10,25)16-6-3-9(21)22/h10-11,14-16,23-25H,1-6H2,(H,17,18)(H,19,20)(H,21,22). The summed E-state index contributed by atoms with van der Waals surface area (Å²) in [5.74, 6) is -3.41. The third kappa shape index (κ3) is 5.07. The second kappa shape index (κ2) is 8.51. The highest BCUT2D eigenvalue weighted by molar-refractivity contribution is 5.67. The smallest absolute Gasteiger partial charge is 0.304 e. The first-order valence-electron chi connectivity index (χ1n) is 7.55. The number of nitrogens with one attached hydrogen (secondary N) is 3. The Morgan fingerprint density at radius 3 is 1.48 bits per heavy atom. The van der Waals surface area contributed by atoms with Gasteiger partial charge >= 0.3 is 17.9 Å². The van der Waals surface area contributed by atoms with Crippen LogP contribution in [0, 0.1) is 0 Å². The van der Waals surface area contributed by atoms with E-state index in [1.807, 2.05) is 0 Å². The van der Waals surface area contributed by atoms with Crippen LogP contribution < -0.4 is 16.0 Å². The Kier molecular flexibility index (Phi) is 7.22. The monoisotopic (exact) mass is 365 g/mol. The number of aliphatic hydroxyl groups is 3. The van der Waals surface area contributed by atoms with Gasteiger partial charge in [0.1, 0.15) is 6.10 Å². The van der Waals surface area contributed by atoms with Crippen LogP contribution in [0.5, 0.6) is 0 Å². The molecular formula is C13H23N3O9. The predicted molar refractivity (Wildman–Crippen MR) is 80.5 cm³/mol. The fourth-order valence-electron chi connectivity index (χ4n) is 2.66. The van der Waals surface area contributed by atoms with Crippen molar-refractivity contribution < 1.29 is 45.0 Å². The molecule has 0 spiro atoms. The molecule has 0 amide bonds. The van der Waals surface area contributed by atoms with E-state index in [2.05, 4.69) is 16.0 Å². The van der Waals surface area contributed by atoms with Crippen molar-refractivity contribution in [2.45, 2.75) is 42.9 Å². The summed E-state index contributed by atoms with van der Waals surface area (Å²) in [6.07, 6.45) is -2.86. The average Bonchev–Trinajstić information content (AvgIpc) is 2.49. The zero-order chi connectivity index (χ0) is 19.3. The number of hydrogen-bond donors (Lipinski definition) is 9. The van der Waals surface area contributed by atoms with Crippen molar-refractivity contribution in [3.8, 4) is 0 Å². The summed E-state index contributed by atoms with van der Waals surface area (Å²) < 4.78 is 0. The zero-order valence-electron chi connectivity index (χ0n) is 13.3. The lowest BCUT2D eigenvalue weighted by molar-refractivity contribution is -0.315. The van der Waals surface area contributed by atoms with E-state index in [1.54, 1.807) is 0 Å². The van der Waals surface area contributed by atoms with Crippen molar-refractivity contribution in [2.24, 2.45) is 0 Å². The van der Waals surface area contributed by atoms with Crippen LogP contribution in [-0.2, 0) is 14.4 Å². The maximum Gasteiger partial charge on any atom is 0.304 e. The zero-order valence-corrected chi connectivity index (χ0v) is 13.3. The van der Waals surface area contributed by atoms with E-state index in [4.69, 9.17) is 15.3 Å². The van der Waals surface area contributed by atoms with Gasteiger partial charge in [-0.15, -0.1) is 0 Å². The molecule has 0 aromatic rings. The molecule has 1 aliphatic rings. The molecular weight excluding hydrogens is 342 g/mol. The highest BCUT2D eigenvalue weighted by Gasteiger charge is 2.70. The highest BCUT2D eigenvalue weighted by Crippen LogP contribution is 2.38. The Morgan fingerprint density at radius 2 is 1.12 bits per heavy atom. The van der Waals surface area contributed by atoms with Crippen LogP contribution in [-0.4, -0.2) is 91.8 Å². The molecule has 1 saturated carbocycles. The van der Waals surface area contributed by atoms with E-state index in [1.165, 1.54) is 0 Å². The maximum atomic E-state index is 10.6. The SMILES string of the molecule is O=C(O)CCNC1C(O)(NCCC(=O)O)C(O)C1(O)NCCC(=O)O. The second-order valence-electron chi connectivity index (χ2n) is 5.73. The minimum Gasteiger partial charge on any atom is -0.481 e. The largest absolute Gasteiger partial charge is 0.481 e. The molecule has 0 saturated heterocycles. The van der Waals surface area contributed by atoms with Gasteiger partial charge in [0.2, 0.25) is 0 Å². The first-order chi connectivity index (χ1) is 11.5. The van der Waals surface area contributed by atoms with E-state index in [9.17, 15) is 29.7 Å². The Bertz CT molecular complexity index is 483.